The van der Waals surface area contributed by atoms with Crippen LogP contribution in [-0.2, 0) is 0 Å². The summed E-state index contributed by atoms with van der Waals surface area (Å²) in [6.45, 7) is 3.43. The molecule has 0 spiro atoms. The molecule has 0 aliphatic rings. The van der Waals surface area contributed by atoms with Gasteiger partial charge in [-0.15, -0.1) is 22.7 Å². The number of ketones is 2. The summed E-state index contributed by atoms with van der Waals surface area (Å²) in [5, 5.41) is 22.6. The lowest BCUT2D eigenvalue weighted by molar-refractivity contribution is -0.385. The van der Waals surface area contributed by atoms with E-state index >= 15 is 0 Å². The van der Waals surface area contributed by atoms with Gasteiger partial charge < -0.3 is 0 Å². The van der Waals surface area contributed by atoms with E-state index in [-0.39, 0.29) is 22.9 Å². The normalized spacial score (nSPS) is 11.3. The number of benzene rings is 2. The van der Waals surface area contributed by atoms with Crippen LogP contribution in [0.3, 0.4) is 0 Å². The Morgan fingerprint density at radius 1 is 0.684 bits per heavy atom. The number of non-ortho nitro benzene ring substituents is 2. The topological polar surface area (TPSA) is 146 Å². The van der Waals surface area contributed by atoms with Gasteiger partial charge in [0.2, 0.25) is 0 Å². The first-order valence-electron chi connectivity index (χ1n) is 11.0. The van der Waals surface area contributed by atoms with Crippen molar-refractivity contribution in [2.75, 3.05) is 0 Å². The van der Waals surface area contributed by atoms with Crippen molar-refractivity contribution in [3.63, 3.8) is 0 Å². The predicted molar refractivity (Wildman–Crippen MR) is 146 cm³/mol. The summed E-state index contributed by atoms with van der Waals surface area (Å²) in [4.78, 5) is 55.9. The van der Waals surface area contributed by atoms with E-state index < -0.39 is 9.85 Å². The van der Waals surface area contributed by atoms with Gasteiger partial charge in [-0.05, 0) is 61.4 Å². The Kier molecular flexibility index (Phi) is 7.74. The number of hydrogen-bond donors (Lipinski definition) is 0. The zero-order valence-electron chi connectivity index (χ0n) is 20.0. The highest BCUT2D eigenvalue weighted by Crippen LogP contribution is 2.33. The van der Waals surface area contributed by atoms with E-state index in [4.69, 9.17) is 0 Å². The van der Waals surface area contributed by atoms with E-state index in [1.54, 1.807) is 50.3 Å². The van der Waals surface area contributed by atoms with Crippen LogP contribution < -0.4 is 0 Å². The first kappa shape index (κ1) is 26.4. The zero-order chi connectivity index (χ0) is 27.4. The second-order valence-corrected chi connectivity index (χ2v) is 9.96. The maximum Gasteiger partial charge on any atom is 0.269 e. The van der Waals surface area contributed by atoms with Crippen molar-refractivity contribution in [1.82, 2.24) is 9.97 Å². The number of rotatable bonds is 9. The zero-order valence-corrected chi connectivity index (χ0v) is 21.6. The van der Waals surface area contributed by atoms with Crippen LogP contribution in [0.5, 0.6) is 0 Å². The Hall–Kier alpha value is -4.68. The third-order valence-electron chi connectivity index (χ3n) is 5.29. The molecule has 0 aliphatic carbocycles. The van der Waals surface area contributed by atoms with Crippen molar-refractivity contribution < 1.29 is 19.4 Å². The quantitative estimate of drug-likeness (QED) is 0.100. The van der Waals surface area contributed by atoms with Gasteiger partial charge in [0.25, 0.3) is 11.4 Å². The largest absolute Gasteiger partial charge is 0.288 e. The first-order chi connectivity index (χ1) is 18.1. The Bertz CT molecular complexity index is 1490. The molecule has 0 N–H and O–H groups in total. The lowest BCUT2D eigenvalue weighted by Crippen LogP contribution is -1.93. The fourth-order valence-corrected chi connectivity index (χ4v) is 5.33. The average molecular weight is 547 g/mol. The number of carbonyl (C=O) groups excluding carboxylic acids is 2. The van der Waals surface area contributed by atoms with Crippen molar-refractivity contribution in [1.29, 1.82) is 0 Å². The molecule has 0 atom stereocenters. The maximum atomic E-state index is 12.8. The molecule has 0 amide bonds. The molecule has 10 nitrogen and oxygen atoms in total. The number of allylic oxidation sites excluding steroid dienone is 2. The highest BCUT2D eigenvalue weighted by Gasteiger charge is 2.20. The number of thiazole rings is 2. The fraction of sp³-hybridized carbons (Fsp3) is 0.0769. The van der Waals surface area contributed by atoms with Crippen molar-refractivity contribution in [2.45, 2.75) is 13.8 Å². The van der Waals surface area contributed by atoms with Crippen LogP contribution in [0, 0.1) is 34.1 Å². The Labute approximate surface area is 223 Å². The molecule has 0 bridgehead atoms. The smallest absolute Gasteiger partial charge is 0.269 e. The highest BCUT2D eigenvalue weighted by molar-refractivity contribution is 7.23. The summed E-state index contributed by atoms with van der Waals surface area (Å²) in [6, 6.07) is 11.7. The van der Waals surface area contributed by atoms with Gasteiger partial charge in [0.1, 0.15) is 0 Å². The van der Waals surface area contributed by atoms with Crippen molar-refractivity contribution >= 4 is 57.8 Å². The number of aromatic nitrogens is 2. The monoisotopic (exact) mass is 546 g/mol. The summed E-state index contributed by atoms with van der Waals surface area (Å²) in [5.74, 6) is -0.527. The van der Waals surface area contributed by atoms with Gasteiger partial charge >= 0.3 is 0 Å². The molecular weight excluding hydrogens is 528 g/mol. The molecule has 4 aromatic rings. The number of hydrogen-bond acceptors (Lipinski definition) is 10. The molecule has 0 saturated carbocycles. The van der Waals surface area contributed by atoms with Crippen LogP contribution in [-0.4, -0.2) is 31.4 Å². The molecule has 2 aromatic carbocycles. The van der Waals surface area contributed by atoms with Crippen molar-refractivity contribution in [3.05, 3.63) is 113 Å². The standard InChI is InChI=1S/C26H18N4O6S2/c1-15-23(21(31)13-7-17-3-9-19(10-4-17)29(33)34)37-25(27-15)26-28-16(2)24(38-26)22(32)14-8-18-5-11-20(12-6-18)30(35)36/h3-14H,1-2H3/b13-7+,14-8+. The van der Waals surface area contributed by atoms with Crippen LogP contribution in [0.4, 0.5) is 11.4 Å². The number of nitro groups is 2. The van der Waals surface area contributed by atoms with Crippen LogP contribution in [0.1, 0.15) is 41.9 Å². The van der Waals surface area contributed by atoms with Crippen molar-refractivity contribution in [2.24, 2.45) is 0 Å². The molecule has 12 heteroatoms. The summed E-state index contributed by atoms with van der Waals surface area (Å²) in [5.41, 5.74) is 2.28. The Morgan fingerprint density at radius 3 is 1.34 bits per heavy atom. The van der Waals surface area contributed by atoms with Gasteiger partial charge in [0, 0.05) is 24.3 Å². The molecule has 0 aliphatic heterocycles. The Morgan fingerprint density at radius 2 is 1.03 bits per heavy atom. The molecule has 38 heavy (non-hydrogen) atoms. The number of carbonyl (C=O) groups is 2. The molecule has 2 aromatic heterocycles. The SMILES string of the molecule is Cc1nc(-c2nc(C)c(C(=O)/C=C/c3ccc([N+](=O)[O-])cc3)s2)sc1C(=O)/C=C/c1ccc([N+](=O)[O-])cc1. The van der Waals surface area contributed by atoms with E-state index in [0.29, 0.717) is 42.3 Å². The van der Waals surface area contributed by atoms with E-state index in [1.807, 2.05) is 0 Å². The van der Waals surface area contributed by atoms with E-state index in [1.165, 1.54) is 59.1 Å². The lowest BCUT2D eigenvalue weighted by Gasteiger charge is -1.94. The summed E-state index contributed by atoms with van der Waals surface area (Å²) in [6.07, 6.45) is 5.92. The number of aryl methyl sites for hydroxylation is 2. The van der Waals surface area contributed by atoms with Crippen LogP contribution in [0.2, 0.25) is 0 Å². The van der Waals surface area contributed by atoms with E-state index in [9.17, 15) is 29.8 Å². The lowest BCUT2D eigenvalue weighted by atomic mass is 10.1. The van der Waals surface area contributed by atoms with Gasteiger partial charge in [-0.1, -0.05) is 12.2 Å². The minimum atomic E-state index is -0.491. The third-order valence-corrected chi connectivity index (χ3v) is 7.77. The van der Waals surface area contributed by atoms with Crippen LogP contribution >= 0.6 is 22.7 Å². The van der Waals surface area contributed by atoms with Gasteiger partial charge in [0.15, 0.2) is 21.6 Å². The molecule has 0 fully saturated rings. The summed E-state index contributed by atoms with van der Waals surface area (Å²) >= 11 is 2.34. The van der Waals surface area contributed by atoms with E-state index in [2.05, 4.69) is 9.97 Å². The molecule has 0 unspecified atom stereocenters. The second kappa shape index (κ2) is 11.2. The van der Waals surface area contributed by atoms with Crippen molar-refractivity contribution in [3.8, 4) is 10.0 Å². The highest BCUT2D eigenvalue weighted by atomic mass is 32.1. The van der Waals surface area contributed by atoms with Gasteiger partial charge in [-0.25, -0.2) is 9.97 Å². The average Bonchev–Trinajstić information content (AvgIpc) is 3.48. The molecule has 190 valence electrons. The molecule has 2 heterocycles. The maximum absolute atomic E-state index is 12.8. The molecule has 0 radical (unpaired) electrons. The number of nitrogens with zero attached hydrogens (tertiary/aromatic N) is 4. The molecular formula is C26H18N4O6S2. The van der Waals surface area contributed by atoms with Gasteiger partial charge in [0.05, 0.1) is 31.0 Å². The molecule has 4 rings (SSSR count). The summed E-state index contributed by atoms with van der Waals surface area (Å²) in [7, 11) is 0. The van der Waals surface area contributed by atoms with E-state index in [0.717, 1.165) is 0 Å². The minimum absolute atomic E-state index is 0.0325. The van der Waals surface area contributed by atoms with Crippen LogP contribution in [0.25, 0.3) is 22.2 Å². The number of nitro benzene ring substituents is 2. The first-order valence-corrected chi connectivity index (χ1v) is 12.6. The second-order valence-electron chi connectivity index (χ2n) is 7.96. The summed E-state index contributed by atoms with van der Waals surface area (Å²) < 4.78 is 0. The van der Waals surface area contributed by atoms with Gasteiger partial charge in [-0.3, -0.25) is 29.8 Å². The predicted octanol–water partition coefficient (Wildman–Crippen LogP) is 6.49. The Balaban J connectivity index is 1.49. The van der Waals surface area contributed by atoms with Gasteiger partial charge in [-0.2, -0.15) is 0 Å². The van der Waals surface area contributed by atoms with Crippen LogP contribution in [0.15, 0.2) is 60.7 Å². The third kappa shape index (κ3) is 5.99. The minimum Gasteiger partial charge on any atom is -0.288 e. The molecule has 0 saturated heterocycles. The fourth-order valence-electron chi connectivity index (χ4n) is 3.34.